The van der Waals surface area contributed by atoms with Crippen molar-refractivity contribution in [3.63, 3.8) is 0 Å². The predicted molar refractivity (Wildman–Crippen MR) is 56.9 cm³/mol. The Balaban J connectivity index is 2.47. The first-order chi connectivity index (χ1) is 7.85. The van der Waals surface area contributed by atoms with E-state index >= 15 is 0 Å². The fraction of sp³-hybridized carbons (Fsp3) is 0. The molecule has 0 spiro atoms. The summed E-state index contributed by atoms with van der Waals surface area (Å²) in [4.78, 5) is 3.81. The van der Waals surface area contributed by atoms with Crippen LogP contribution in [0.1, 0.15) is 11.1 Å². The maximum atomic E-state index is 8.90. The van der Waals surface area contributed by atoms with Crippen LogP contribution >= 0.6 is 11.3 Å². The van der Waals surface area contributed by atoms with Gasteiger partial charge in [0.05, 0.1) is 16.5 Å². The first kappa shape index (κ1) is 10.2. The SMILES string of the molecule is N#Cc1cccc(C#N)c1Oc1cs[c]n1. The molecule has 0 unspecified atom stereocenters. The molecule has 0 atom stereocenters. The summed E-state index contributed by atoms with van der Waals surface area (Å²) in [5.74, 6) is 0.580. The van der Waals surface area contributed by atoms with Crippen LogP contribution in [0.4, 0.5) is 0 Å². The molecule has 75 valence electrons. The van der Waals surface area contributed by atoms with E-state index in [0.717, 1.165) is 0 Å². The minimum atomic E-state index is 0.242. The summed E-state index contributed by atoms with van der Waals surface area (Å²) in [5.41, 5.74) is 3.25. The third-order valence-corrected chi connectivity index (χ3v) is 2.35. The van der Waals surface area contributed by atoms with E-state index in [1.807, 2.05) is 12.1 Å². The van der Waals surface area contributed by atoms with E-state index in [1.54, 1.807) is 23.6 Å². The maximum Gasteiger partial charge on any atom is 0.230 e. The van der Waals surface area contributed by atoms with E-state index in [9.17, 15) is 0 Å². The van der Waals surface area contributed by atoms with Crippen molar-refractivity contribution >= 4 is 11.3 Å². The molecule has 0 bridgehead atoms. The Labute approximate surface area is 96.0 Å². The number of hydrogen-bond donors (Lipinski definition) is 0. The molecule has 5 heteroatoms. The summed E-state index contributed by atoms with van der Waals surface area (Å²) < 4.78 is 5.39. The maximum absolute atomic E-state index is 8.90. The van der Waals surface area contributed by atoms with E-state index in [2.05, 4.69) is 10.5 Å². The molecule has 1 aromatic heterocycles. The van der Waals surface area contributed by atoms with Gasteiger partial charge in [-0.05, 0) is 12.1 Å². The molecular weight excluding hydrogens is 222 g/mol. The van der Waals surface area contributed by atoms with Crippen LogP contribution in [-0.4, -0.2) is 4.98 Å². The average Bonchev–Trinajstić information content (AvgIpc) is 2.82. The molecule has 0 fully saturated rings. The lowest BCUT2D eigenvalue weighted by Crippen LogP contribution is -1.92. The number of benzene rings is 1. The van der Waals surface area contributed by atoms with Crippen LogP contribution in [0.25, 0.3) is 0 Å². The van der Waals surface area contributed by atoms with Gasteiger partial charge in [-0.3, -0.25) is 0 Å². The molecule has 1 heterocycles. The average molecular weight is 226 g/mol. The molecule has 0 N–H and O–H groups in total. The molecule has 1 aromatic carbocycles. The fourth-order valence-corrected chi connectivity index (χ4v) is 1.55. The summed E-state index contributed by atoms with van der Waals surface area (Å²) in [7, 11) is 0. The van der Waals surface area contributed by atoms with Crippen molar-refractivity contribution in [1.29, 1.82) is 10.5 Å². The first-order valence-corrected chi connectivity index (χ1v) is 5.15. The highest BCUT2D eigenvalue weighted by Gasteiger charge is 2.11. The molecule has 0 aliphatic carbocycles. The number of nitrogens with zero attached hydrogens (tertiary/aromatic N) is 3. The summed E-state index contributed by atoms with van der Waals surface area (Å²) in [5, 5.41) is 19.5. The van der Waals surface area contributed by atoms with Crippen LogP contribution in [0.15, 0.2) is 23.6 Å². The zero-order valence-corrected chi connectivity index (χ0v) is 8.78. The number of aromatic nitrogens is 1. The summed E-state index contributed by atoms with van der Waals surface area (Å²) >= 11 is 1.26. The third kappa shape index (κ3) is 1.85. The van der Waals surface area contributed by atoms with E-state index in [4.69, 9.17) is 15.3 Å². The minimum Gasteiger partial charge on any atom is -0.435 e. The Bertz CT molecular complexity index is 546. The van der Waals surface area contributed by atoms with Gasteiger partial charge in [0.2, 0.25) is 5.88 Å². The van der Waals surface area contributed by atoms with E-state index < -0.39 is 0 Å². The Morgan fingerprint density at radius 3 is 2.44 bits per heavy atom. The molecular formula is C11H4N3OS. The summed E-state index contributed by atoms with van der Waals surface area (Å²) in [6, 6.07) is 8.76. The standard InChI is InChI=1S/C11H4N3OS/c12-4-8-2-1-3-9(5-13)11(8)15-10-6-16-7-14-10/h1-3,6H. The number of rotatable bonds is 2. The van der Waals surface area contributed by atoms with Gasteiger partial charge in [0, 0.05) is 0 Å². The van der Waals surface area contributed by atoms with Crippen molar-refractivity contribution in [3.05, 3.63) is 40.2 Å². The molecule has 16 heavy (non-hydrogen) atoms. The Hall–Kier alpha value is -2.37. The lowest BCUT2D eigenvalue weighted by atomic mass is 10.1. The second-order valence-corrected chi connectivity index (χ2v) is 3.44. The number of ether oxygens (including phenoxy) is 1. The fourth-order valence-electron chi connectivity index (χ4n) is 1.15. The largest absolute Gasteiger partial charge is 0.435 e. The van der Waals surface area contributed by atoms with Gasteiger partial charge in [0.15, 0.2) is 11.3 Å². The normalized spacial score (nSPS) is 9.12. The van der Waals surface area contributed by atoms with Crippen molar-refractivity contribution in [2.45, 2.75) is 0 Å². The predicted octanol–water partition coefficient (Wildman–Crippen LogP) is 2.48. The van der Waals surface area contributed by atoms with Crippen molar-refractivity contribution in [1.82, 2.24) is 4.98 Å². The first-order valence-electron chi connectivity index (χ1n) is 4.28. The minimum absolute atomic E-state index is 0.242. The molecule has 0 amide bonds. The van der Waals surface area contributed by atoms with Gasteiger partial charge in [0.25, 0.3) is 0 Å². The smallest absolute Gasteiger partial charge is 0.230 e. The summed E-state index contributed by atoms with van der Waals surface area (Å²) in [6.07, 6.45) is 0. The van der Waals surface area contributed by atoms with Gasteiger partial charge in [-0.2, -0.15) is 15.5 Å². The van der Waals surface area contributed by atoms with Gasteiger partial charge in [-0.25, -0.2) is 0 Å². The Morgan fingerprint density at radius 1 is 1.25 bits per heavy atom. The zero-order chi connectivity index (χ0) is 11.4. The van der Waals surface area contributed by atoms with Gasteiger partial charge in [-0.1, -0.05) is 6.07 Å². The summed E-state index contributed by atoms with van der Waals surface area (Å²) in [6.45, 7) is 0. The highest BCUT2D eigenvalue weighted by atomic mass is 32.1. The van der Waals surface area contributed by atoms with Crippen molar-refractivity contribution in [3.8, 4) is 23.8 Å². The van der Waals surface area contributed by atoms with Gasteiger partial charge >= 0.3 is 0 Å². The van der Waals surface area contributed by atoms with Gasteiger partial charge in [-0.15, -0.1) is 11.3 Å². The molecule has 0 aliphatic heterocycles. The number of para-hydroxylation sites is 1. The van der Waals surface area contributed by atoms with Crippen molar-refractivity contribution in [2.24, 2.45) is 0 Å². The topological polar surface area (TPSA) is 69.7 Å². The molecule has 1 radical (unpaired) electrons. The van der Waals surface area contributed by atoms with E-state index in [0.29, 0.717) is 17.0 Å². The lowest BCUT2D eigenvalue weighted by molar-refractivity contribution is 0.463. The molecule has 0 saturated heterocycles. The number of thiazole rings is 1. The molecule has 0 aliphatic rings. The molecule has 2 rings (SSSR count). The zero-order valence-electron chi connectivity index (χ0n) is 7.97. The van der Waals surface area contributed by atoms with Crippen LogP contribution in [-0.2, 0) is 0 Å². The molecule has 4 nitrogen and oxygen atoms in total. The lowest BCUT2D eigenvalue weighted by Gasteiger charge is -2.05. The van der Waals surface area contributed by atoms with Crippen LogP contribution in [0.3, 0.4) is 0 Å². The molecule has 0 saturated carbocycles. The van der Waals surface area contributed by atoms with Crippen LogP contribution < -0.4 is 4.74 Å². The monoisotopic (exact) mass is 226 g/mol. The van der Waals surface area contributed by atoms with Gasteiger partial charge in [0.1, 0.15) is 12.1 Å². The van der Waals surface area contributed by atoms with Crippen LogP contribution in [0.5, 0.6) is 11.6 Å². The number of hydrogen-bond acceptors (Lipinski definition) is 5. The number of nitriles is 2. The van der Waals surface area contributed by atoms with Crippen LogP contribution in [0, 0.1) is 28.2 Å². The Kier molecular flexibility index (Phi) is 2.81. The molecule has 2 aromatic rings. The van der Waals surface area contributed by atoms with Crippen LogP contribution in [0.2, 0.25) is 0 Å². The second-order valence-electron chi connectivity index (χ2n) is 2.78. The quantitative estimate of drug-likeness (QED) is 0.788. The van der Waals surface area contributed by atoms with Gasteiger partial charge < -0.3 is 4.74 Å². The second kappa shape index (κ2) is 4.43. The van der Waals surface area contributed by atoms with Crippen molar-refractivity contribution < 1.29 is 4.74 Å². The van der Waals surface area contributed by atoms with E-state index in [1.165, 1.54) is 11.3 Å². The highest BCUT2D eigenvalue weighted by Crippen LogP contribution is 2.28. The Morgan fingerprint density at radius 2 is 1.94 bits per heavy atom. The third-order valence-electron chi connectivity index (χ3n) is 1.83. The highest BCUT2D eigenvalue weighted by molar-refractivity contribution is 7.07. The van der Waals surface area contributed by atoms with Crippen molar-refractivity contribution in [2.75, 3.05) is 0 Å². The van der Waals surface area contributed by atoms with E-state index in [-0.39, 0.29) is 5.75 Å².